The van der Waals surface area contributed by atoms with Crippen LogP contribution < -0.4 is 14.9 Å². The van der Waals surface area contributed by atoms with Gasteiger partial charge in [-0.15, -0.1) is 29.6 Å². The maximum atomic E-state index is 12.7. The summed E-state index contributed by atoms with van der Waals surface area (Å²) >= 11 is 1.45. The maximum absolute atomic E-state index is 12.7. The van der Waals surface area contributed by atoms with Crippen LogP contribution in [-0.4, -0.2) is 38.3 Å². The number of hydrogen-bond donors (Lipinski definition) is 1. The van der Waals surface area contributed by atoms with Gasteiger partial charge in [-0.1, -0.05) is 63.2 Å². The Morgan fingerprint density at radius 3 is 2.43 bits per heavy atom. The average molecular weight is 649 g/mol. The predicted octanol–water partition coefficient (Wildman–Crippen LogP) is 8.00. The maximum Gasteiger partial charge on any atom is 0.573 e. The molecule has 3 aromatic carbocycles. The van der Waals surface area contributed by atoms with Gasteiger partial charge in [0.1, 0.15) is 12.1 Å². The number of aromatic nitrogens is 4. The Bertz CT molecular complexity index is 1840. The SMILES string of the molecule is Cc1csc(=NC(=O)NCCC(C)Cc2ccc(-c3ncn(-c4ccc(OC(F)(F)F)cc4)n3)cc2)n1-c1ccccc1C(C)C. The smallest absolute Gasteiger partial charge is 0.406 e. The number of urea groups is 1. The lowest BCUT2D eigenvalue weighted by atomic mass is 9.97. The van der Waals surface area contributed by atoms with Gasteiger partial charge in [0.2, 0.25) is 0 Å². The molecule has 0 fully saturated rings. The highest BCUT2D eigenvalue weighted by Crippen LogP contribution is 2.25. The molecule has 0 spiro atoms. The second-order valence-electron chi connectivity index (χ2n) is 11.4. The van der Waals surface area contributed by atoms with Gasteiger partial charge in [0.15, 0.2) is 10.6 Å². The summed E-state index contributed by atoms with van der Waals surface area (Å²) in [6.07, 6.45) is -1.61. The van der Waals surface area contributed by atoms with Gasteiger partial charge in [0.05, 0.1) is 11.4 Å². The van der Waals surface area contributed by atoms with Crippen molar-refractivity contribution in [1.29, 1.82) is 0 Å². The van der Waals surface area contributed by atoms with Crippen LogP contribution in [0.25, 0.3) is 22.8 Å². The zero-order valence-corrected chi connectivity index (χ0v) is 26.8. The van der Waals surface area contributed by atoms with E-state index in [4.69, 9.17) is 0 Å². The van der Waals surface area contributed by atoms with E-state index in [1.807, 2.05) is 53.3 Å². The Morgan fingerprint density at radius 1 is 1.02 bits per heavy atom. The molecule has 0 aliphatic carbocycles. The average Bonchev–Trinajstić information content (AvgIpc) is 3.64. The molecule has 2 heterocycles. The summed E-state index contributed by atoms with van der Waals surface area (Å²) in [7, 11) is 0. The first kappa shape index (κ1) is 32.7. The summed E-state index contributed by atoms with van der Waals surface area (Å²) in [5.74, 6) is 0.849. The van der Waals surface area contributed by atoms with E-state index in [9.17, 15) is 18.0 Å². The molecule has 0 aliphatic heterocycles. The Hall–Kier alpha value is -4.71. The van der Waals surface area contributed by atoms with Crippen LogP contribution in [0.1, 0.15) is 49.9 Å². The van der Waals surface area contributed by atoms with E-state index in [0.29, 0.717) is 34.7 Å². The normalized spacial score (nSPS) is 12.8. The Balaban J connectivity index is 1.14. The third kappa shape index (κ3) is 8.30. The number of nitrogens with zero attached hydrogens (tertiary/aromatic N) is 5. The highest BCUT2D eigenvalue weighted by molar-refractivity contribution is 7.07. The fourth-order valence-electron chi connectivity index (χ4n) is 5.11. The van der Waals surface area contributed by atoms with E-state index in [0.717, 1.165) is 35.3 Å². The molecule has 0 radical (unpaired) electrons. The standard InChI is InChI=1S/C34H35F3N6O2S/c1-22(2)29-7-5-6-8-30(29)43-24(4)20-46-33(43)40-32(44)38-18-17-23(3)19-25-9-11-26(12-10-25)31-39-21-42(41-31)27-13-15-28(16-14-27)45-34(35,36)37/h5-16,20-23H,17-19H2,1-4H3,(H,38,44). The highest BCUT2D eigenvalue weighted by atomic mass is 32.1. The summed E-state index contributed by atoms with van der Waals surface area (Å²) in [5.41, 5.74) is 5.79. The zero-order valence-electron chi connectivity index (χ0n) is 26.0. The molecule has 0 saturated heterocycles. The van der Waals surface area contributed by atoms with Gasteiger partial charge in [0.25, 0.3) is 0 Å². The quantitative estimate of drug-likeness (QED) is 0.166. The zero-order chi connectivity index (χ0) is 32.8. The molecule has 46 heavy (non-hydrogen) atoms. The summed E-state index contributed by atoms with van der Waals surface area (Å²) in [6.45, 7) is 8.98. The van der Waals surface area contributed by atoms with Crippen molar-refractivity contribution in [3.63, 3.8) is 0 Å². The van der Waals surface area contributed by atoms with Crippen molar-refractivity contribution in [1.82, 2.24) is 24.6 Å². The van der Waals surface area contributed by atoms with Gasteiger partial charge in [-0.25, -0.2) is 14.5 Å². The second-order valence-corrected chi connectivity index (χ2v) is 12.2. The number of ether oxygens (including phenoxy) is 1. The van der Waals surface area contributed by atoms with Crippen molar-refractivity contribution in [2.24, 2.45) is 10.9 Å². The van der Waals surface area contributed by atoms with Gasteiger partial charge in [-0.05, 0) is 73.1 Å². The molecule has 1 atom stereocenters. The minimum atomic E-state index is -4.74. The number of amides is 2. The number of nitrogens with one attached hydrogen (secondary N) is 1. The summed E-state index contributed by atoms with van der Waals surface area (Å²) in [6, 6.07) is 21.2. The number of rotatable bonds is 10. The molecule has 1 unspecified atom stereocenters. The van der Waals surface area contributed by atoms with Crippen LogP contribution in [0.5, 0.6) is 5.75 Å². The lowest BCUT2D eigenvalue weighted by molar-refractivity contribution is -0.274. The summed E-state index contributed by atoms with van der Waals surface area (Å²) in [5, 5.41) is 9.42. The number of carbonyl (C=O) groups is 1. The summed E-state index contributed by atoms with van der Waals surface area (Å²) < 4.78 is 44.7. The number of hydrogen-bond acceptors (Lipinski definition) is 5. The first-order valence-corrected chi connectivity index (χ1v) is 15.8. The molecule has 0 saturated carbocycles. The molecular formula is C34H35F3N6O2S. The van der Waals surface area contributed by atoms with Crippen LogP contribution in [0.3, 0.4) is 0 Å². The molecule has 2 aromatic heterocycles. The Morgan fingerprint density at radius 2 is 1.74 bits per heavy atom. The van der Waals surface area contributed by atoms with Gasteiger partial charge >= 0.3 is 12.4 Å². The third-order valence-electron chi connectivity index (χ3n) is 7.41. The first-order valence-electron chi connectivity index (χ1n) is 14.9. The van der Waals surface area contributed by atoms with Crippen LogP contribution >= 0.6 is 11.3 Å². The molecule has 8 nitrogen and oxygen atoms in total. The molecule has 2 amide bonds. The predicted molar refractivity (Wildman–Crippen MR) is 172 cm³/mol. The van der Waals surface area contributed by atoms with Gasteiger partial charge in [-0.3, -0.25) is 4.57 Å². The van der Waals surface area contributed by atoms with Crippen LogP contribution in [0.2, 0.25) is 0 Å². The Labute approximate surface area is 269 Å². The Kier molecular flexibility index (Phi) is 10.1. The topological polar surface area (TPSA) is 86.3 Å². The molecule has 240 valence electrons. The second kappa shape index (κ2) is 14.2. The van der Waals surface area contributed by atoms with Crippen molar-refractivity contribution in [2.45, 2.75) is 52.8 Å². The number of alkyl halides is 3. The van der Waals surface area contributed by atoms with E-state index in [1.165, 1.54) is 52.2 Å². The van der Waals surface area contributed by atoms with E-state index in [1.54, 1.807) is 0 Å². The van der Waals surface area contributed by atoms with E-state index < -0.39 is 6.36 Å². The molecular weight excluding hydrogens is 613 g/mol. The van der Waals surface area contributed by atoms with Crippen LogP contribution in [0.15, 0.2) is 89.5 Å². The molecule has 5 rings (SSSR count). The third-order valence-corrected chi connectivity index (χ3v) is 8.36. The van der Waals surface area contributed by atoms with Crippen LogP contribution in [-0.2, 0) is 6.42 Å². The minimum absolute atomic E-state index is 0.302. The van der Waals surface area contributed by atoms with E-state index in [2.05, 4.69) is 58.0 Å². The number of aryl methyl sites for hydroxylation is 1. The largest absolute Gasteiger partial charge is 0.573 e. The van der Waals surface area contributed by atoms with Gasteiger partial charge < -0.3 is 10.1 Å². The van der Waals surface area contributed by atoms with Crippen molar-refractivity contribution >= 4 is 17.4 Å². The van der Waals surface area contributed by atoms with Crippen molar-refractivity contribution < 1.29 is 22.7 Å². The minimum Gasteiger partial charge on any atom is -0.406 e. The fourth-order valence-corrected chi connectivity index (χ4v) is 5.97. The van der Waals surface area contributed by atoms with Gasteiger partial charge in [-0.2, -0.15) is 4.99 Å². The molecule has 0 aliphatic rings. The van der Waals surface area contributed by atoms with E-state index in [-0.39, 0.29) is 11.8 Å². The van der Waals surface area contributed by atoms with Crippen molar-refractivity contribution in [2.75, 3.05) is 6.54 Å². The molecule has 12 heteroatoms. The number of thiazole rings is 1. The highest BCUT2D eigenvalue weighted by Gasteiger charge is 2.31. The lowest BCUT2D eigenvalue weighted by Gasteiger charge is -2.15. The fraction of sp³-hybridized carbons (Fsp3) is 0.294. The number of benzene rings is 3. The summed E-state index contributed by atoms with van der Waals surface area (Å²) in [4.78, 5) is 22.1. The van der Waals surface area contributed by atoms with Crippen LogP contribution in [0, 0.1) is 12.8 Å². The number of carbonyl (C=O) groups excluding carboxylic acids is 1. The molecule has 5 aromatic rings. The van der Waals surface area contributed by atoms with E-state index >= 15 is 0 Å². The molecule has 1 N–H and O–H groups in total. The lowest BCUT2D eigenvalue weighted by Crippen LogP contribution is -2.26. The number of para-hydroxylation sites is 1. The number of halogens is 3. The van der Waals surface area contributed by atoms with Crippen LogP contribution in [0.4, 0.5) is 18.0 Å². The van der Waals surface area contributed by atoms with Crippen molar-refractivity contribution in [3.8, 4) is 28.5 Å². The first-order chi connectivity index (χ1) is 22.0. The monoisotopic (exact) mass is 648 g/mol. The van der Waals surface area contributed by atoms with Gasteiger partial charge in [0, 0.05) is 23.2 Å². The molecule has 0 bridgehead atoms. The van der Waals surface area contributed by atoms with Crippen molar-refractivity contribution in [3.05, 3.63) is 106 Å².